The van der Waals surface area contributed by atoms with E-state index in [4.69, 9.17) is 4.74 Å². The second-order valence-corrected chi connectivity index (χ2v) is 5.75. The number of hydrogen-bond donors (Lipinski definition) is 1. The fourth-order valence-corrected chi connectivity index (χ4v) is 2.24. The maximum atomic E-state index is 11.0. The summed E-state index contributed by atoms with van der Waals surface area (Å²) < 4.78 is 9.75. The molecular weight excluding hydrogens is 306 g/mol. The summed E-state index contributed by atoms with van der Waals surface area (Å²) in [7, 11) is 1.31. The fourth-order valence-electron chi connectivity index (χ4n) is 2.24. The average molecular weight is 335 g/mol. The standard InChI is InChI=1S/C19H29NO4/c1-3-4-5-6-7-8-11-17(21)14-13-16-10-9-12-18(20-16)24-15-19(22)23-2/h9-10,12-14,17,21H,3-8,11,15H2,1-2H3. The SMILES string of the molecule is CCCCCCCCC(O)C=Cc1cccc(OCC(=O)OC)n1. The molecule has 1 aromatic rings. The molecule has 1 unspecified atom stereocenters. The highest BCUT2D eigenvalue weighted by molar-refractivity contribution is 5.70. The predicted octanol–water partition coefficient (Wildman–Crippen LogP) is 3.76. The van der Waals surface area contributed by atoms with Crippen molar-refractivity contribution in [2.45, 2.75) is 58.0 Å². The molecule has 0 spiro atoms. The maximum absolute atomic E-state index is 11.0. The van der Waals surface area contributed by atoms with Crippen molar-refractivity contribution in [1.29, 1.82) is 0 Å². The largest absolute Gasteiger partial charge is 0.466 e. The van der Waals surface area contributed by atoms with Gasteiger partial charge in [-0.1, -0.05) is 57.6 Å². The van der Waals surface area contributed by atoms with Crippen LogP contribution in [0.5, 0.6) is 5.88 Å². The van der Waals surface area contributed by atoms with E-state index in [1.54, 1.807) is 24.3 Å². The first kappa shape index (κ1) is 20.2. The molecular formula is C19H29NO4. The number of methoxy groups -OCH3 is 1. The number of aliphatic hydroxyl groups is 1. The van der Waals surface area contributed by atoms with Gasteiger partial charge < -0.3 is 14.6 Å². The number of nitrogens with zero attached hydrogens (tertiary/aromatic N) is 1. The van der Waals surface area contributed by atoms with Crippen LogP contribution < -0.4 is 4.74 Å². The van der Waals surface area contributed by atoms with Crippen LogP contribution in [-0.2, 0) is 9.53 Å². The lowest BCUT2D eigenvalue weighted by atomic mass is 10.1. The Morgan fingerprint density at radius 2 is 2.00 bits per heavy atom. The monoisotopic (exact) mass is 335 g/mol. The molecule has 134 valence electrons. The number of aliphatic hydroxyl groups excluding tert-OH is 1. The molecule has 24 heavy (non-hydrogen) atoms. The summed E-state index contributed by atoms with van der Waals surface area (Å²) in [5, 5.41) is 9.98. The van der Waals surface area contributed by atoms with Gasteiger partial charge in [0, 0.05) is 6.07 Å². The molecule has 0 radical (unpaired) electrons. The second kappa shape index (κ2) is 12.5. The van der Waals surface area contributed by atoms with Crippen LogP contribution in [0.3, 0.4) is 0 Å². The highest BCUT2D eigenvalue weighted by atomic mass is 16.6. The number of ether oxygens (including phenoxy) is 2. The van der Waals surface area contributed by atoms with Crippen LogP contribution in [0.1, 0.15) is 57.6 Å². The Balaban J connectivity index is 2.33. The molecule has 0 amide bonds. The molecule has 0 bridgehead atoms. The van der Waals surface area contributed by atoms with Crippen LogP contribution in [0.25, 0.3) is 6.08 Å². The van der Waals surface area contributed by atoms with Gasteiger partial charge in [0.25, 0.3) is 0 Å². The first-order valence-electron chi connectivity index (χ1n) is 8.68. The van der Waals surface area contributed by atoms with Gasteiger partial charge in [-0.3, -0.25) is 0 Å². The minimum absolute atomic E-state index is 0.169. The van der Waals surface area contributed by atoms with Gasteiger partial charge in [-0.25, -0.2) is 9.78 Å². The molecule has 1 rings (SSSR count). The molecule has 0 aliphatic heterocycles. The van der Waals surface area contributed by atoms with Gasteiger partial charge in [-0.2, -0.15) is 0 Å². The Labute approximate surface area is 144 Å². The summed E-state index contributed by atoms with van der Waals surface area (Å²) in [5.41, 5.74) is 0.680. The van der Waals surface area contributed by atoms with Gasteiger partial charge in [-0.15, -0.1) is 0 Å². The molecule has 0 aliphatic rings. The summed E-state index contributed by atoms with van der Waals surface area (Å²) in [5.74, 6) is -0.0972. The zero-order valence-electron chi connectivity index (χ0n) is 14.7. The Bertz CT molecular complexity index is 502. The number of aromatic nitrogens is 1. The van der Waals surface area contributed by atoms with E-state index < -0.39 is 12.1 Å². The van der Waals surface area contributed by atoms with E-state index in [0.717, 1.165) is 12.8 Å². The molecule has 1 atom stereocenters. The maximum Gasteiger partial charge on any atom is 0.343 e. The van der Waals surface area contributed by atoms with Crippen molar-refractivity contribution in [3.8, 4) is 5.88 Å². The minimum Gasteiger partial charge on any atom is -0.466 e. The minimum atomic E-state index is -0.461. The fraction of sp³-hybridized carbons (Fsp3) is 0.579. The van der Waals surface area contributed by atoms with Crippen molar-refractivity contribution in [3.63, 3.8) is 0 Å². The van der Waals surface area contributed by atoms with Crippen molar-refractivity contribution < 1.29 is 19.4 Å². The van der Waals surface area contributed by atoms with Gasteiger partial charge >= 0.3 is 5.97 Å². The average Bonchev–Trinajstić information content (AvgIpc) is 2.61. The number of pyridine rings is 1. The van der Waals surface area contributed by atoms with Gasteiger partial charge in [0.2, 0.25) is 5.88 Å². The van der Waals surface area contributed by atoms with Gasteiger partial charge in [0.05, 0.1) is 18.9 Å². The quantitative estimate of drug-likeness (QED) is 0.465. The molecule has 0 aliphatic carbocycles. The number of unbranched alkanes of at least 4 members (excludes halogenated alkanes) is 5. The number of carbonyl (C=O) groups excluding carboxylic acids is 1. The van der Waals surface area contributed by atoms with E-state index in [1.807, 2.05) is 6.07 Å². The number of hydrogen-bond acceptors (Lipinski definition) is 5. The van der Waals surface area contributed by atoms with Crippen LogP contribution in [-0.4, -0.2) is 35.9 Å². The summed E-state index contributed by atoms with van der Waals surface area (Å²) >= 11 is 0. The van der Waals surface area contributed by atoms with Gasteiger partial charge in [0.1, 0.15) is 0 Å². The third kappa shape index (κ3) is 9.30. The number of carbonyl (C=O) groups is 1. The Hall–Kier alpha value is -1.88. The van der Waals surface area contributed by atoms with Crippen LogP contribution >= 0.6 is 0 Å². The van der Waals surface area contributed by atoms with E-state index in [1.165, 1.54) is 39.2 Å². The van der Waals surface area contributed by atoms with Crippen molar-refractivity contribution in [3.05, 3.63) is 30.0 Å². The molecule has 0 aromatic carbocycles. The third-order valence-corrected chi connectivity index (χ3v) is 3.65. The lowest BCUT2D eigenvalue weighted by molar-refractivity contribution is -0.143. The Kier molecular flexibility index (Phi) is 10.5. The molecule has 0 saturated heterocycles. The normalized spacial score (nSPS) is 12.3. The van der Waals surface area contributed by atoms with Crippen LogP contribution in [0, 0.1) is 0 Å². The number of esters is 1. The summed E-state index contributed by atoms with van der Waals surface area (Å²) in [6.45, 7) is 2.04. The van der Waals surface area contributed by atoms with Gasteiger partial charge in [-0.05, 0) is 18.6 Å². The van der Waals surface area contributed by atoms with E-state index in [9.17, 15) is 9.90 Å². The predicted molar refractivity (Wildman–Crippen MR) is 94.8 cm³/mol. The van der Waals surface area contributed by atoms with Gasteiger partial charge in [0.15, 0.2) is 6.61 Å². The highest BCUT2D eigenvalue weighted by Gasteiger charge is 2.03. The topological polar surface area (TPSA) is 68.7 Å². The number of rotatable bonds is 12. The van der Waals surface area contributed by atoms with Crippen molar-refractivity contribution in [2.75, 3.05) is 13.7 Å². The first-order chi connectivity index (χ1) is 11.7. The molecule has 0 saturated carbocycles. The molecule has 5 heteroatoms. The van der Waals surface area contributed by atoms with E-state index >= 15 is 0 Å². The third-order valence-electron chi connectivity index (χ3n) is 3.65. The molecule has 1 N–H and O–H groups in total. The van der Waals surface area contributed by atoms with E-state index in [-0.39, 0.29) is 6.61 Å². The smallest absolute Gasteiger partial charge is 0.343 e. The Morgan fingerprint density at radius 3 is 2.75 bits per heavy atom. The van der Waals surface area contributed by atoms with E-state index in [2.05, 4.69) is 16.6 Å². The van der Waals surface area contributed by atoms with Crippen molar-refractivity contribution >= 4 is 12.0 Å². The highest BCUT2D eigenvalue weighted by Crippen LogP contribution is 2.12. The van der Waals surface area contributed by atoms with Crippen LogP contribution in [0.4, 0.5) is 0 Å². The first-order valence-corrected chi connectivity index (χ1v) is 8.68. The zero-order valence-corrected chi connectivity index (χ0v) is 14.7. The zero-order chi connectivity index (χ0) is 17.6. The van der Waals surface area contributed by atoms with Crippen LogP contribution in [0.2, 0.25) is 0 Å². The second-order valence-electron chi connectivity index (χ2n) is 5.75. The lowest BCUT2D eigenvalue weighted by Gasteiger charge is -2.06. The Morgan fingerprint density at radius 1 is 1.25 bits per heavy atom. The summed E-state index contributed by atoms with van der Waals surface area (Å²) in [6.07, 6.45) is 11.1. The van der Waals surface area contributed by atoms with Crippen LogP contribution in [0.15, 0.2) is 24.3 Å². The molecule has 5 nitrogen and oxygen atoms in total. The van der Waals surface area contributed by atoms with Crippen molar-refractivity contribution in [1.82, 2.24) is 4.98 Å². The summed E-state index contributed by atoms with van der Waals surface area (Å²) in [4.78, 5) is 15.3. The molecule has 1 aromatic heterocycles. The van der Waals surface area contributed by atoms with Crippen molar-refractivity contribution in [2.24, 2.45) is 0 Å². The van der Waals surface area contributed by atoms with E-state index in [0.29, 0.717) is 11.6 Å². The lowest BCUT2D eigenvalue weighted by Crippen LogP contribution is -2.13. The summed E-state index contributed by atoms with van der Waals surface area (Å²) in [6, 6.07) is 5.28. The molecule has 0 fully saturated rings. The molecule has 1 heterocycles.